The second-order valence-corrected chi connectivity index (χ2v) is 8.06. The number of aromatic nitrogens is 3. The number of aromatic amines is 1. The molecule has 3 heterocycles. The molecule has 1 aliphatic heterocycles. The van der Waals surface area contributed by atoms with E-state index >= 15 is 0 Å². The average Bonchev–Trinajstić information content (AvgIpc) is 3.15. The SMILES string of the molecule is COc1ccc(CN2CC(OCc3cccnc3)CN(Cc3nc[nH]c3C)CC2=O)cc1. The normalized spacial score (nSPS) is 17.4. The number of benzene rings is 1. The molecule has 1 N–H and O–H groups in total. The van der Waals surface area contributed by atoms with Crippen molar-refractivity contribution in [3.8, 4) is 5.75 Å². The van der Waals surface area contributed by atoms with Gasteiger partial charge in [-0.25, -0.2) is 4.98 Å². The Labute approximate surface area is 188 Å². The number of imidazole rings is 1. The Morgan fingerprint density at radius 2 is 1.97 bits per heavy atom. The zero-order valence-electron chi connectivity index (χ0n) is 18.5. The molecule has 1 unspecified atom stereocenters. The number of hydrogen-bond donors (Lipinski definition) is 1. The summed E-state index contributed by atoms with van der Waals surface area (Å²) in [5.41, 5.74) is 4.04. The number of rotatable bonds is 8. The number of carbonyl (C=O) groups is 1. The first-order valence-electron chi connectivity index (χ1n) is 10.7. The maximum absolute atomic E-state index is 13.2. The minimum absolute atomic E-state index is 0.0847. The Balaban J connectivity index is 1.48. The summed E-state index contributed by atoms with van der Waals surface area (Å²) in [7, 11) is 1.65. The molecule has 8 heteroatoms. The first-order chi connectivity index (χ1) is 15.6. The van der Waals surface area contributed by atoms with Gasteiger partial charge in [-0.1, -0.05) is 18.2 Å². The van der Waals surface area contributed by atoms with Gasteiger partial charge in [0.05, 0.1) is 38.4 Å². The molecule has 0 saturated carbocycles. The molecule has 1 aliphatic rings. The van der Waals surface area contributed by atoms with Crippen LogP contribution in [0.3, 0.4) is 0 Å². The summed E-state index contributed by atoms with van der Waals surface area (Å²) in [5, 5.41) is 0. The number of hydrogen-bond acceptors (Lipinski definition) is 6. The predicted molar refractivity (Wildman–Crippen MR) is 120 cm³/mol. The molecule has 1 fully saturated rings. The van der Waals surface area contributed by atoms with Crippen molar-refractivity contribution in [2.24, 2.45) is 0 Å². The number of nitrogens with one attached hydrogen (secondary N) is 1. The van der Waals surface area contributed by atoms with Crippen molar-refractivity contribution in [2.75, 3.05) is 26.7 Å². The van der Waals surface area contributed by atoms with Crippen molar-refractivity contribution >= 4 is 5.91 Å². The first kappa shape index (κ1) is 22.0. The minimum Gasteiger partial charge on any atom is -0.497 e. The summed E-state index contributed by atoms with van der Waals surface area (Å²) in [4.78, 5) is 28.8. The summed E-state index contributed by atoms with van der Waals surface area (Å²) >= 11 is 0. The van der Waals surface area contributed by atoms with E-state index in [2.05, 4.69) is 19.9 Å². The largest absolute Gasteiger partial charge is 0.497 e. The monoisotopic (exact) mass is 435 g/mol. The van der Waals surface area contributed by atoms with Gasteiger partial charge in [0.25, 0.3) is 0 Å². The molecule has 32 heavy (non-hydrogen) atoms. The van der Waals surface area contributed by atoms with Crippen LogP contribution >= 0.6 is 0 Å². The van der Waals surface area contributed by atoms with Crippen molar-refractivity contribution < 1.29 is 14.3 Å². The highest BCUT2D eigenvalue weighted by atomic mass is 16.5. The lowest BCUT2D eigenvalue weighted by molar-refractivity contribution is -0.132. The summed E-state index contributed by atoms with van der Waals surface area (Å²) in [5.74, 6) is 0.885. The highest BCUT2D eigenvalue weighted by molar-refractivity contribution is 5.78. The van der Waals surface area contributed by atoms with Gasteiger partial charge in [0.15, 0.2) is 0 Å². The Kier molecular flexibility index (Phi) is 7.14. The highest BCUT2D eigenvalue weighted by Gasteiger charge is 2.29. The second kappa shape index (κ2) is 10.4. The number of aryl methyl sites for hydroxylation is 1. The van der Waals surface area contributed by atoms with Crippen molar-refractivity contribution in [3.63, 3.8) is 0 Å². The molecule has 3 aromatic rings. The van der Waals surface area contributed by atoms with Crippen LogP contribution in [0.15, 0.2) is 55.1 Å². The van der Waals surface area contributed by atoms with Gasteiger partial charge in [-0.2, -0.15) is 0 Å². The highest BCUT2D eigenvalue weighted by Crippen LogP contribution is 2.18. The van der Waals surface area contributed by atoms with E-state index in [0.717, 1.165) is 28.3 Å². The number of pyridine rings is 1. The summed E-state index contributed by atoms with van der Waals surface area (Å²) in [6.07, 6.45) is 5.12. The zero-order chi connectivity index (χ0) is 22.3. The van der Waals surface area contributed by atoms with Gasteiger partial charge in [0.1, 0.15) is 5.75 Å². The smallest absolute Gasteiger partial charge is 0.237 e. The molecule has 4 rings (SSSR count). The van der Waals surface area contributed by atoms with E-state index in [9.17, 15) is 4.79 Å². The van der Waals surface area contributed by atoms with E-state index in [1.807, 2.05) is 54.4 Å². The van der Waals surface area contributed by atoms with Crippen LogP contribution in [0.2, 0.25) is 0 Å². The molecule has 0 spiro atoms. The lowest BCUT2D eigenvalue weighted by Crippen LogP contribution is -2.37. The zero-order valence-corrected chi connectivity index (χ0v) is 18.5. The van der Waals surface area contributed by atoms with E-state index in [4.69, 9.17) is 9.47 Å². The molecular weight excluding hydrogens is 406 g/mol. The molecule has 0 radical (unpaired) electrons. The topological polar surface area (TPSA) is 83.6 Å². The predicted octanol–water partition coefficient (Wildman–Crippen LogP) is 2.55. The van der Waals surface area contributed by atoms with Crippen LogP contribution in [-0.4, -0.2) is 63.5 Å². The molecule has 2 aromatic heterocycles. The van der Waals surface area contributed by atoms with Crippen LogP contribution < -0.4 is 4.74 Å². The number of ether oxygens (including phenoxy) is 2. The van der Waals surface area contributed by atoms with Crippen LogP contribution in [0.25, 0.3) is 0 Å². The van der Waals surface area contributed by atoms with Crippen LogP contribution in [0, 0.1) is 6.92 Å². The number of nitrogens with zero attached hydrogens (tertiary/aromatic N) is 4. The fraction of sp³-hybridized carbons (Fsp3) is 0.375. The van der Waals surface area contributed by atoms with Crippen molar-refractivity contribution in [1.82, 2.24) is 24.8 Å². The van der Waals surface area contributed by atoms with Gasteiger partial charge in [-0.05, 0) is 36.2 Å². The van der Waals surface area contributed by atoms with Crippen LogP contribution in [0.5, 0.6) is 5.75 Å². The lowest BCUT2D eigenvalue weighted by Gasteiger charge is -2.25. The molecule has 168 valence electrons. The average molecular weight is 436 g/mol. The quantitative estimate of drug-likeness (QED) is 0.586. The molecule has 1 atom stereocenters. The third-order valence-corrected chi connectivity index (χ3v) is 5.65. The molecule has 0 aliphatic carbocycles. The molecular formula is C24H29N5O3. The van der Waals surface area contributed by atoms with Crippen molar-refractivity contribution in [1.29, 1.82) is 0 Å². The summed E-state index contributed by atoms with van der Waals surface area (Å²) in [6, 6.07) is 11.7. The minimum atomic E-state index is -0.126. The van der Waals surface area contributed by atoms with Gasteiger partial charge in [0, 0.05) is 44.3 Å². The molecule has 0 bridgehead atoms. The van der Waals surface area contributed by atoms with Crippen molar-refractivity contribution in [2.45, 2.75) is 32.7 Å². The number of methoxy groups -OCH3 is 1. The van der Waals surface area contributed by atoms with Crippen LogP contribution in [0.4, 0.5) is 0 Å². The Morgan fingerprint density at radius 3 is 2.66 bits per heavy atom. The van der Waals surface area contributed by atoms with Crippen LogP contribution in [-0.2, 0) is 29.2 Å². The van der Waals surface area contributed by atoms with E-state index in [1.54, 1.807) is 19.6 Å². The number of amides is 1. The summed E-state index contributed by atoms with van der Waals surface area (Å²) < 4.78 is 11.5. The second-order valence-electron chi connectivity index (χ2n) is 8.06. The maximum atomic E-state index is 13.2. The lowest BCUT2D eigenvalue weighted by atomic mass is 10.2. The molecule has 8 nitrogen and oxygen atoms in total. The Bertz CT molecular complexity index is 1010. The number of carbonyl (C=O) groups excluding carboxylic acids is 1. The Morgan fingerprint density at radius 1 is 1.12 bits per heavy atom. The standard InChI is InChI=1S/C24H29N5O3/c1-18-23(27-17-26-18)14-28-12-22(32-16-20-4-3-9-25-10-20)13-29(24(30)15-28)11-19-5-7-21(31-2)8-6-19/h3-10,17,22H,11-16H2,1-2H3,(H,26,27). The van der Waals surface area contributed by atoms with Crippen molar-refractivity contribution in [3.05, 3.63) is 77.6 Å². The molecule has 1 aromatic carbocycles. The van der Waals surface area contributed by atoms with Crippen LogP contribution in [0.1, 0.15) is 22.5 Å². The first-order valence-corrected chi connectivity index (χ1v) is 10.7. The molecule has 1 amide bonds. The number of H-pyrrole nitrogens is 1. The van der Waals surface area contributed by atoms with E-state index in [-0.39, 0.29) is 12.0 Å². The third-order valence-electron chi connectivity index (χ3n) is 5.65. The van der Waals surface area contributed by atoms with Gasteiger partial charge in [-0.3, -0.25) is 14.7 Å². The van der Waals surface area contributed by atoms with Gasteiger partial charge in [-0.15, -0.1) is 0 Å². The Hall–Kier alpha value is -3.23. The van der Waals surface area contributed by atoms with E-state index in [1.165, 1.54) is 0 Å². The fourth-order valence-electron chi connectivity index (χ4n) is 3.84. The third kappa shape index (κ3) is 5.72. The van der Waals surface area contributed by atoms with E-state index in [0.29, 0.717) is 39.3 Å². The van der Waals surface area contributed by atoms with Gasteiger partial charge in [0.2, 0.25) is 5.91 Å². The summed E-state index contributed by atoms with van der Waals surface area (Å²) in [6.45, 7) is 5.09. The molecule has 1 saturated heterocycles. The van der Waals surface area contributed by atoms with E-state index < -0.39 is 0 Å². The fourth-order valence-corrected chi connectivity index (χ4v) is 3.84. The van der Waals surface area contributed by atoms with Gasteiger partial charge >= 0.3 is 0 Å². The maximum Gasteiger partial charge on any atom is 0.237 e. The van der Waals surface area contributed by atoms with Gasteiger partial charge < -0.3 is 19.4 Å².